The normalized spacial score (nSPS) is 25.1. The molecule has 3 heteroatoms. The molecule has 19 heavy (non-hydrogen) atoms. The molecular weight excluding hydrogens is 234 g/mol. The third kappa shape index (κ3) is 4.17. The Labute approximate surface area is 119 Å². The van der Waals surface area contributed by atoms with Crippen LogP contribution >= 0.6 is 0 Å². The van der Waals surface area contributed by atoms with E-state index in [4.69, 9.17) is 0 Å². The summed E-state index contributed by atoms with van der Waals surface area (Å²) in [4.78, 5) is 5.36. The van der Waals surface area contributed by atoms with Gasteiger partial charge in [-0.25, -0.2) is 0 Å². The molecule has 2 fully saturated rings. The molecule has 0 unspecified atom stereocenters. The van der Waals surface area contributed by atoms with E-state index in [1.807, 2.05) is 0 Å². The lowest BCUT2D eigenvalue weighted by Gasteiger charge is -2.45. The molecule has 1 N–H and O–H groups in total. The number of nitrogens with one attached hydrogen (secondary N) is 1. The van der Waals surface area contributed by atoms with Crippen LogP contribution in [-0.4, -0.2) is 61.2 Å². The van der Waals surface area contributed by atoms with Crippen molar-refractivity contribution in [3.05, 3.63) is 0 Å². The molecule has 0 saturated carbocycles. The number of hydrogen-bond donors (Lipinski definition) is 1. The van der Waals surface area contributed by atoms with Crippen molar-refractivity contribution in [3.63, 3.8) is 0 Å². The van der Waals surface area contributed by atoms with E-state index < -0.39 is 0 Å². The van der Waals surface area contributed by atoms with E-state index in [1.54, 1.807) is 0 Å². The van der Waals surface area contributed by atoms with Crippen LogP contribution in [0.15, 0.2) is 0 Å². The highest BCUT2D eigenvalue weighted by Gasteiger charge is 2.31. The second-order valence-corrected chi connectivity index (χ2v) is 7.41. The molecule has 0 aromatic carbocycles. The minimum atomic E-state index is 0.326. The summed E-state index contributed by atoms with van der Waals surface area (Å²) in [5.74, 6) is 1.82. The Bertz CT molecular complexity index is 261. The van der Waals surface area contributed by atoms with Crippen LogP contribution in [0.4, 0.5) is 0 Å². The maximum Gasteiger partial charge on any atom is 0.0281 e. The van der Waals surface area contributed by atoms with Gasteiger partial charge in [0.05, 0.1) is 0 Å². The maximum atomic E-state index is 3.45. The van der Waals surface area contributed by atoms with Crippen LogP contribution in [0.2, 0.25) is 0 Å². The molecular formula is C16H33N3. The van der Waals surface area contributed by atoms with E-state index in [0.29, 0.717) is 5.54 Å². The molecule has 0 radical (unpaired) electrons. The van der Waals surface area contributed by atoms with Gasteiger partial charge in [-0.05, 0) is 51.6 Å². The van der Waals surface area contributed by atoms with Gasteiger partial charge in [0.2, 0.25) is 0 Å². The molecule has 0 aliphatic carbocycles. The minimum Gasteiger partial charge on any atom is -0.314 e. The molecule has 2 aliphatic rings. The van der Waals surface area contributed by atoms with Crippen molar-refractivity contribution < 1.29 is 0 Å². The highest BCUT2D eigenvalue weighted by molar-refractivity contribution is 4.89. The van der Waals surface area contributed by atoms with Gasteiger partial charge < -0.3 is 10.2 Å². The monoisotopic (exact) mass is 267 g/mol. The number of nitrogens with zero attached hydrogens (tertiary/aromatic N) is 2. The zero-order valence-corrected chi connectivity index (χ0v) is 13.4. The van der Waals surface area contributed by atoms with Crippen molar-refractivity contribution in [3.8, 4) is 0 Å². The third-order valence-electron chi connectivity index (χ3n) is 5.16. The summed E-state index contributed by atoms with van der Waals surface area (Å²) >= 11 is 0. The van der Waals surface area contributed by atoms with Gasteiger partial charge in [0.15, 0.2) is 0 Å². The van der Waals surface area contributed by atoms with Crippen LogP contribution in [0.5, 0.6) is 0 Å². The Hall–Kier alpha value is -0.120. The van der Waals surface area contributed by atoms with Crippen molar-refractivity contribution >= 4 is 0 Å². The SMILES string of the molecule is CC(C)C1CCN(CC(C)(C)N2CCNCC2)CC1. The fraction of sp³-hybridized carbons (Fsp3) is 1.00. The molecule has 3 nitrogen and oxygen atoms in total. The standard InChI is InChI=1S/C16H33N3/c1-14(2)15-5-9-18(10-6-15)13-16(3,4)19-11-7-17-8-12-19/h14-15,17H,5-13H2,1-4H3. The van der Waals surface area contributed by atoms with Gasteiger partial charge in [0.25, 0.3) is 0 Å². The summed E-state index contributed by atoms with van der Waals surface area (Å²) in [7, 11) is 0. The number of rotatable bonds is 4. The second kappa shape index (κ2) is 6.55. The molecule has 2 rings (SSSR count). The molecule has 2 aliphatic heterocycles. The lowest BCUT2D eigenvalue weighted by atomic mass is 9.86. The fourth-order valence-electron chi connectivity index (χ4n) is 3.70. The van der Waals surface area contributed by atoms with Crippen LogP contribution in [0.25, 0.3) is 0 Å². The number of likely N-dealkylation sites (tertiary alicyclic amines) is 1. The van der Waals surface area contributed by atoms with Crippen LogP contribution in [-0.2, 0) is 0 Å². The van der Waals surface area contributed by atoms with Gasteiger partial charge in [-0.2, -0.15) is 0 Å². The van der Waals surface area contributed by atoms with Gasteiger partial charge in [0.1, 0.15) is 0 Å². The quantitative estimate of drug-likeness (QED) is 0.841. The Morgan fingerprint density at radius 3 is 2.16 bits per heavy atom. The average molecular weight is 267 g/mol. The van der Waals surface area contributed by atoms with Crippen molar-refractivity contribution in [1.29, 1.82) is 0 Å². The lowest BCUT2D eigenvalue weighted by Crippen LogP contribution is -2.58. The van der Waals surface area contributed by atoms with E-state index in [0.717, 1.165) is 24.9 Å². The van der Waals surface area contributed by atoms with Crippen molar-refractivity contribution in [2.45, 2.75) is 46.1 Å². The number of hydrogen-bond acceptors (Lipinski definition) is 3. The Kier molecular flexibility index (Phi) is 5.27. The molecule has 2 heterocycles. The fourth-order valence-corrected chi connectivity index (χ4v) is 3.70. The molecule has 0 bridgehead atoms. The molecule has 112 valence electrons. The van der Waals surface area contributed by atoms with E-state index in [9.17, 15) is 0 Å². The molecule has 0 amide bonds. The zero-order chi connectivity index (χ0) is 13.9. The summed E-state index contributed by atoms with van der Waals surface area (Å²) in [6, 6.07) is 0. The average Bonchev–Trinajstić information content (AvgIpc) is 2.40. The highest BCUT2D eigenvalue weighted by atomic mass is 15.3. The predicted octanol–water partition coefficient (Wildman–Crippen LogP) is 2.04. The molecule has 2 saturated heterocycles. The first kappa shape index (κ1) is 15.3. The van der Waals surface area contributed by atoms with Crippen molar-refractivity contribution in [2.75, 3.05) is 45.8 Å². The van der Waals surface area contributed by atoms with E-state index in [2.05, 4.69) is 42.8 Å². The number of piperidine rings is 1. The molecule has 0 spiro atoms. The van der Waals surface area contributed by atoms with Crippen molar-refractivity contribution in [2.24, 2.45) is 11.8 Å². The first-order chi connectivity index (χ1) is 8.99. The summed E-state index contributed by atoms with van der Waals surface area (Å²) in [6.07, 6.45) is 2.80. The Morgan fingerprint density at radius 1 is 1.05 bits per heavy atom. The minimum absolute atomic E-state index is 0.326. The van der Waals surface area contributed by atoms with Gasteiger partial charge in [-0.15, -0.1) is 0 Å². The largest absolute Gasteiger partial charge is 0.314 e. The van der Waals surface area contributed by atoms with E-state index in [-0.39, 0.29) is 0 Å². The van der Waals surface area contributed by atoms with Crippen LogP contribution < -0.4 is 5.32 Å². The molecule has 0 atom stereocenters. The molecule has 0 aromatic heterocycles. The van der Waals surface area contributed by atoms with Gasteiger partial charge >= 0.3 is 0 Å². The summed E-state index contributed by atoms with van der Waals surface area (Å²) in [5, 5.41) is 3.45. The van der Waals surface area contributed by atoms with Crippen LogP contribution in [0, 0.1) is 11.8 Å². The lowest BCUT2D eigenvalue weighted by molar-refractivity contribution is 0.0461. The Balaban J connectivity index is 1.80. The van der Waals surface area contributed by atoms with E-state index in [1.165, 1.54) is 45.6 Å². The zero-order valence-electron chi connectivity index (χ0n) is 13.4. The van der Waals surface area contributed by atoms with Crippen molar-refractivity contribution in [1.82, 2.24) is 15.1 Å². The first-order valence-corrected chi connectivity index (χ1v) is 8.17. The van der Waals surface area contributed by atoms with Crippen LogP contribution in [0.3, 0.4) is 0 Å². The summed E-state index contributed by atoms with van der Waals surface area (Å²) in [5.41, 5.74) is 0.326. The van der Waals surface area contributed by atoms with E-state index >= 15 is 0 Å². The predicted molar refractivity (Wildman–Crippen MR) is 82.5 cm³/mol. The van der Waals surface area contributed by atoms with Crippen LogP contribution in [0.1, 0.15) is 40.5 Å². The summed E-state index contributed by atoms with van der Waals surface area (Å²) < 4.78 is 0. The van der Waals surface area contributed by atoms with Gasteiger partial charge in [-0.1, -0.05) is 13.8 Å². The molecule has 0 aromatic rings. The van der Waals surface area contributed by atoms with Gasteiger partial charge in [-0.3, -0.25) is 4.90 Å². The highest BCUT2D eigenvalue weighted by Crippen LogP contribution is 2.26. The topological polar surface area (TPSA) is 18.5 Å². The maximum absolute atomic E-state index is 3.45. The Morgan fingerprint density at radius 2 is 1.63 bits per heavy atom. The first-order valence-electron chi connectivity index (χ1n) is 8.17. The smallest absolute Gasteiger partial charge is 0.0281 e. The number of piperazine rings is 1. The van der Waals surface area contributed by atoms with Gasteiger partial charge in [0, 0.05) is 38.3 Å². The summed E-state index contributed by atoms with van der Waals surface area (Å²) in [6.45, 7) is 18.2. The second-order valence-electron chi connectivity index (χ2n) is 7.41. The third-order valence-corrected chi connectivity index (χ3v) is 5.16.